The minimum atomic E-state index is -0.977. The van der Waals surface area contributed by atoms with Crippen LogP contribution in [0.5, 0.6) is 0 Å². The number of hydrogen-bond acceptors (Lipinski definition) is 3. The van der Waals surface area contributed by atoms with Crippen LogP contribution in [-0.2, 0) is 0 Å². The Hall–Kier alpha value is -2.99. The maximum Gasteiger partial charge on any atom is 0.150 e. The lowest BCUT2D eigenvalue weighted by Gasteiger charge is -2.10. The summed E-state index contributed by atoms with van der Waals surface area (Å²) in [4.78, 5) is 0. The molecule has 1 N–H and O–H groups in total. The van der Waals surface area contributed by atoms with Crippen LogP contribution in [0.1, 0.15) is 11.1 Å². The summed E-state index contributed by atoms with van der Waals surface area (Å²) in [6.45, 7) is 0. The minimum Gasteiger partial charge on any atom is -0.350 e. The lowest BCUT2D eigenvalue weighted by Crippen LogP contribution is -2.00. The number of halogens is 3. The maximum absolute atomic E-state index is 13.7. The second kappa shape index (κ2) is 5.33. The molecule has 0 aromatic heterocycles. The van der Waals surface area contributed by atoms with Crippen LogP contribution in [0.15, 0.2) is 30.3 Å². The number of nitrogens with one attached hydrogen (secondary N) is 1. The van der Waals surface area contributed by atoms with Crippen LogP contribution in [0.25, 0.3) is 0 Å². The molecule has 0 atom stereocenters. The average Bonchev–Trinajstić information content (AvgIpc) is 2.43. The van der Waals surface area contributed by atoms with Crippen molar-refractivity contribution in [1.82, 2.24) is 0 Å². The van der Waals surface area contributed by atoms with Gasteiger partial charge in [0.2, 0.25) is 0 Å². The van der Waals surface area contributed by atoms with Gasteiger partial charge in [-0.15, -0.1) is 0 Å². The van der Waals surface area contributed by atoms with Gasteiger partial charge in [0.05, 0.1) is 22.9 Å². The fourth-order valence-corrected chi connectivity index (χ4v) is 1.61. The molecule has 20 heavy (non-hydrogen) atoms. The molecule has 0 aliphatic rings. The zero-order chi connectivity index (χ0) is 14.7. The number of hydrogen-bond donors (Lipinski definition) is 1. The van der Waals surface area contributed by atoms with Crippen LogP contribution < -0.4 is 5.32 Å². The molecule has 98 valence electrons. The average molecular weight is 273 g/mol. The van der Waals surface area contributed by atoms with E-state index in [1.165, 1.54) is 6.07 Å². The van der Waals surface area contributed by atoms with E-state index < -0.39 is 23.1 Å². The molecule has 3 nitrogen and oxygen atoms in total. The molecule has 2 aromatic carbocycles. The Kier molecular flexibility index (Phi) is 3.58. The number of anilines is 2. The van der Waals surface area contributed by atoms with E-state index in [0.29, 0.717) is 0 Å². The molecule has 0 saturated heterocycles. The molecular formula is C14H6F3N3. The van der Waals surface area contributed by atoms with E-state index in [4.69, 9.17) is 10.5 Å². The first-order valence-corrected chi connectivity index (χ1v) is 5.41. The van der Waals surface area contributed by atoms with Crippen molar-refractivity contribution in [3.05, 3.63) is 58.9 Å². The Morgan fingerprint density at radius 1 is 0.900 bits per heavy atom. The van der Waals surface area contributed by atoms with Gasteiger partial charge in [0.25, 0.3) is 0 Å². The van der Waals surface area contributed by atoms with Gasteiger partial charge in [-0.25, -0.2) is 13.2 Å². The van der Waals surface area contributed by atoms with Crippen molar-refractivity contribution >= 4 is 11.4 Å². The van der Waals surface area contributed by atoms with Gasteiger partial charge < -0.3 is 5.32 Å². The third-order valence-corrected chi connectivity index (χ3v) is 2.53. The zero-order valence-corrected chi connectivity index (χ0v) is 9.92. The summed E-state index contributed by atoms with van der Waals surface area (Å²) in [5.41, 5.74) is -0.693. The Bertz CT molecular complexity index is 734. The number of benzene rings is 2. The maximum atomic E-state index is 13.7. The Morgan fingerprint density at radius 2 is 1.55 bits per heavy atom. The summed E-state index contributed by atoms with van der Waals surface area (Å²) in [5.74, 6) is -2.59. The van der Waals surface area contributed by atoms with E-state index in [9.17, 15) is 13.2 Å². The van der Waals surface area contributed by atoms with Crippen LogP contribution >= 0.6 is 0 Å². The van der Waals surface area contributed by atoms with E-state index in [2.05, 4.69) is 5.32 Å². The van der Waals surface area contributed by atoms with Gasteiger partial charge in [0, 0.05) is 0 Å². The molecule has 0 saturated carbocycles. The third-order valence-electron chi connectivity index (χ3n) is 2.53. The smallest absolute Gasteiger partial charge is 0.150 e. The van der Waals surface area contributed by atoms with Crippen LogP contribution in [0.4, 0.5) is 24.5 Å². The van der Waals surface area contributed by atoms with E-state index >= 15 is 0 Å². The Morgan fingerprint density at radius 3 is 2.10 bits per heavy atom. The molecule has 0 aliphatic carbocycles. The van der Waals surface area contributed by atoms with Crippen molar-refractivity contribution < 1.29 is 13.2 Å². The largest absolute Gasteiger partial charge is 0.350 e. The summed E-state index contributed by atoms with van der Waals surface area (Å²) < 4.78 is 40.3. The Balaban J connectivity index is 2.46. The highest BCUT2D eigenvalue weighted by atomic mass is 19.1. The van der Waals surface area contributed by atoms with Crippen molar-refractivity contribution in [2.75, 3.05) is 5.32 Å². The topological polar surface area (TPSA) is 59.6 Å². The van der Waals surface area contributed by atoms with Gasteiger partial charge in [0.1, 0.15) is 17.6 Å². The first kappa shape index (κ1) is 13.4. The van der Waals surface area contributed by atoms with Gasteiger partial charge in [-0.1, -0.05) is 0 Å². The second-order valence-electron chi connectivity index (χ2n) is 3.85. The summed E-state index contributed by atoms with van der Waals surface area (Å²) >= 11 is 0. The third kappa shape index (κ3) is 2.55. The van der Waals surface area contributed by atoms with E-state index in [1.807, 2.05) is 0 Å². The molecule has 0 aliphatic heterocycles. The minimum absolute atomic E-state index is 0.0661. The molecule has 0 heterocycles. The van der Waals surface area contributed by atoms with Crippen molar-refractivity contribution in [3.8, 4) is 12.1 Å². The molecule has 0 unspecified atom stereocenters. The van der Waals surface area contributed by atoms with E-state index in [1.54, 1.807) is 12.1 Å². The SMILES string of the molecule is N#Cc1cc(F)c(Nc2ccc(F)cc2C#N)c(F)c1. The molecule has 2 aromatic rings. The van der Waals surface area contributed by atoms with Crippen LogP contribution in [-0.4, -0.2) is 0 Å². The number of nitriles is 2. The molecule has 0 spiro atoms. The van der Waals surface area contributed by atoms with E-state index in [-0.39, 0.29) is 16.8 Å². The Labute approximate surface area is 112 Å². The molecular weight excluding hydrogens is 267 g/mol. The highest BCUT2D eigenvalue weighted by Crippen LogP contribution is 2.26. The zero-order valence-electron chi connectivity index (χ0n) is 9.92. The molecule has 0 radical (unpaired) electrons. The van der Waals surface area contributed by atoms with Crippen molar-refractivity contribution in [2.45, 2.75) is 0 Å². The fourth-order valence-electron chi connectivity index (χ4n) is 1.61. The number of nitrogens with zero attached hydrogens (tertiary/aromatic N) is 2. The van der Waals surface area contributed by atoms with Crippen LogP contribution in [0, 0.1) is 40.1 Å². The quantitative estimate of drug-likeness (QED) is 0.909. The highest BCUT2D eigenvalue weighted by Gasteiger charge is 2.13. The van der Waals surface area contributed by atoms with E-state index in [0.717, 1.165) is 24.3 Å². The van der Waals surface area contributed by atoms with Crippen molar-refractivity contribution in [2.24, 2.45) is 0 Å². The van der Waals surface area contributed by atoms with Gasteiger partial charge >= 0.3 is 0 Å². The van der Waals surface area contributed by atoms with Crippen LogP contribution in [0.2, 0.25) is 0 Å². The molecule has 0 amide bonds. The van der Waals surface area contributed by atoms with Gasteiger partial charge in [-0.2, -0.15) is 10.5 Å². The summed E-state index contributed by atoms with van der Waals surface area (Å²) in [7, 11) is 0. The first-order valence-electron chi connectivity index (χ1n) is 5.41. The van der Waals surface area contributed by atoms with Gasteiger partial charge in [-0.3, -0.25) is 0 Å². The summed E-state index contributed by atoms with van der Waals surface area (Å²) in [5, 5.41) is 19.8. The van der Waals surface area contributed by atoms with Crippen molar-refractivity contribution in [1.29, 1.82) is 10.5 Å². The lowest BCUT2D eigenvalue weighted by atomic mass is 10.1. The normalized spacial score (nSPS) is 9.65. The first-order chi connectivity index (χ1) is 9.55. The molecule has 2 rings (SSSR count). The second-order valence-corrected chi connectivity index (χ2v) is 3.85. The predicted octanol–water partition coefficient (Wildman–Crippen LogP) is 3.59. The summed E-state index contributed by atoms with van der Waals surface area (Å²) in [6.07, 6.45) is 0. The van der Waals surface area contributed by atoms with Gasteiger partial charge in [-0.05, 0) is 30.3 Å². The molecule has 6 heteroatoms. The van der Waals surface area contributed by atoms with Crippen LogP contribution in [0.3, 0.4) is 0 Å². The summed E-state index contributed by atoms with van der Waals surface area (Å²) in [6, 6.07) is 8.27. The molecule has 0 fully saturated rings. The van der Waals surface area contributed by atoms with Crippen molar-refractivity contribution in [3.63, 3.8) is 0 Å². The standard InChI is InChI=1S/C14H6F3N3/c15-10-1-2-13(9(5-10)7-19)20-14-11(16)3-8(6-18)4-12(14)17/h1-5,20H. The molecule has 0 bridgehead atoms. The predicted molar refractivity (Wildman–Crippen MR) is 65.5 cm³/mol. The highest BCUT2D eigenvalue weighted by molar-refractivity contribution is 5.67. The van der Waals surface area contributed by atoms with Gasteiger partial charge in [0.15, 0.2) is 11.6 Å². The number of rotatable bonds is 2. The fraction of sp³-hybridized carbons (Fsp3) is 0. The monoisotopic (exact) mass is 273 g/mol. The lowest BCUT2D eigenvalue weighted by molar-refractivity contribution is 0.590.